The van der Waals surface area contributed by atoms with E-state index in [4.69, 9.17) is 17.3 Å². The van der Waals surface area contributed by atoms with Crippen molar-refractivity contribution in [3.8, 4) is 0 Å². The number of carbonyl (C=O) groups excluding carboxylic acids is 13. The Morgan fingerprint density at radius 2 is 0.964 bits per heavy atom. The topological polar surface area (TPSA) is 429 Å². The van der Waals surface area contributed by atoms with Crippen LogP contribution in [0.2, 0.25) is 5.02 Å². The van der Waals surface area contributed by atoms with Gasteiger partial charge < -0.3 is 79.5 Å². The van der Waals surface area contributed by atoms with Crippen LogP contribution < -0.4 is 69.5 Å². The van der Waals surface area contributed by atoms with Gasteiger partial charge in [0.2, 0.25) is 70.9 Å². The predicted octanol–water partition coefficient (Wildman–Crippen LogP) is 3.70. The minimum absolute atomic E-state index is 0.0171. The van der Waals surface area contributed by atoms with Gasteiger partial charge in [-0.2, -0.15) is 0 Å². The Bertz CT molecular complexity index is 4220. The van der Waals surface area contributed by atoms with Gasteiger partial charge in [-0.3, -0.25) is 67.3 Å². The molecule has 0 aliphatic carbocycles. The number of nitrogens with zero attached hydrogens (tertiary/aromatic N) is 2. The summed E-state index contributed by atoms with van der Waals surface area (Å²) in [6.45, 7) is 11.2. The number of nitrogens with one attached hydrogen (secondary N) is 12. The molecule has 10 atom stereocenters. The quantitative estimate of drug-likeness (QED) is 0.0192. The zero-order chi connectivity index (χ0) is 80.8. The second-order valence-electron chi connectivity index (χ2n) is 28.3. The fourth-order valence-electron chi connectivity index (χ4n) is 12.7. The number of aliphatic hydroxyl groups excluding tert-OH is 1. The van der Waals surface area contributed by atoms with Crippen molar-refractivity contribution in [1.82, 2.24) is 63.1 Å². The van der Waals surface area contributed by atoms with Crippen LogP contribution in [0.5, 0.6) is 0 Å². The lowest BCUT2D eigenvalue weighted by Gasteiger charge is -2.31. The normalized spacial score (nSPS) is 15.0. The number of nitrogens with two attached hydrogens (primary N) is 1. The van der Waals surface area contributed by atoms with Crippen LogP contribution in [-0.4, -0.2) is 184 Å². The van der Waals surface area contributed by atoms with Crippen molar-refractivity contribution in [2.75, 3.05) is 36.6 Å². The average Bonchev–Trinajstić information content (AvgIpc) is 1.79. The highest BCUT2D eigenvalue weighted by Crippen LogP contribution is 2.24. The first-order chi connectivity index (χ1) is 52.9. The van der Waals surface area contributed by atoms with Crippen LogP contribution in [0.4, 0.5) is 11.4 Å². The van der Waals surface area contributed by atoms with E-state index in [0.717, 1.165) is 22.5 Å². The summed E-state index contributed by atoms with van der Waals surface area (Å²) in [5.74, 6) is -9.80. The fourth-order valence-corrected chi connectivity index (χ4v) is 13.3. The van der Waals surface area contributed by atoms with Crippen molar-refractivity contribution in [2.45, 2.75) is 185 Å². The summed E-state index contributed by atoms with van der Waals surface area (Å²) in [5.41, 5.74) is 8.89. The molecule has 31 heteroatoms. The Morgan fingerprint density at radius 3 is 1.43 bits per heavy atom. The molecule has 5 aromatic carbocycles. The molecule has 1 fully saturated rings. The first-order valence-corrected chi connectivity index (χ1v) is 38.6. The smallest absolute Gasteiger partial charge is 0.250 e. The molecule has 6 aromatic rings. The molecular formula is C80H102ClN15O14S. The van der Waals surface area contributed by atoms with Gasteiger partial charge in [-0.15, -0.1) is 11.8 Å². The number of amides is 13. The average molecular weight is 1570 g/mol. The maximum atomic E-state index is 15.3. The van der Waals surface area contributed by atoms with Crippen LogP contribution in [0.1, 0.15) is 115 Å². The molecule has 0 unspecified atom stereocenters. The Labute approximate surface area is 655 Å². The molecule has 13 amide bonds. The van der Waals surface area contributed by atoms with Crippen molar-refractivity contribution < 1.29 is 67.4 Å². The van der Waals surface area contributed by atoms with Gasteiger partial charge in [-0.1, -0.05) is 124 Å². The number of thioether (sulfide) groups is 1. The summed E-state index contributed by atoms with van der Waals surface area (Å²) < 4.78 is 0. The van der Waals surface area contributed by atoms with Gasteiger partial charge >= 0.3 is 0 Å². The summed E-state index contributed by atoms with van der Waals surface area (Å²) in [6.07, 6.45) is 5.51. The Hall–Kier alpha value is -10.8. The van der Waals surface area contributed by atoms with Gasteiger partial charge in [0.15, 0.2) is 5.37 Å². The minimum atomic E-state index is -1.85. The number of hydrogen-bond acceptors (Lipinski definition) is 17. The standard InChI is InChI=1S/C80H102ClN15O14S/c1-46(2)37-62(71(102)88-61(18-11-12-35-84-47(3)4)80(110)96-36-14-19-69(96)78(109)95-79(111-8)70(82)101)89-73(104)65(40-52-23-30-59(31-24-52)85-48(5)98)91-75(106)66(41-53-25-32-60(33-26-53)86-49(6)99)93-77(108)68(45-97)94-76(107)67(43-55-15-13-34-83-44-55)92-74(105)64(39-51-21-28-58(81)29-22-51)90-72(103)63(87-50(7)100)42-54-20-27-56-16-9-10-17-57(56)38-54/h9-10,13,15-17,20-34,38,44,46-47,61-69,79,84,97H,11-12,14,18-19,35-37,39-43,45H2,1-8H3,(H2,82,101)(H,85,98)(H,86,99)(H,87,100)(H,88,102)(H,89,104)(H,90,103)(H,91,106)(H,92,105)(H,93,108)(H,94,107)(H,95,109)/t61-,62-,63+,64+,65+,66-,67+,68-,69-,79+/m0/s1. The molecule has 0 spiro atoms. The molecule has 15 N–H and O–H groups in total. The van der Waals surface area contributed by atoms with Gasteiger partial charge in [0.05, 0.1) is 6.61 Å². The largest absolute Gasteiger partial charge is 0.394 e. The van der Waals surface area contributed by atoms with Crippen molar-refractivity contribution >= 4 is 122 Å². The van der Waals surface area contributed by atoms with Crippen molar-refractivity contribution in [2.24, 2.45) is 11.7 Å². The number of fused-ring (bicyclic) bond motifs is 1. The van der Waals surface area contributed by atoms with E-state index in [1.807, 2.05) is 70.2 Å². The monoisotopic (exact) mass is 1560 g/mol. The number of likely N-dealkylation sites (tertiary alicyclic amines) is 1. The minimum Gasteiger partial charge on any atom is -0.394 e. The van der Waals surface area contributed by atoms with E-state index in [9.17, 15) is 57.8 Å². The molecule has 29 nitrogen and oxygen atoms in total. The number of anilines is 2. The number of halogens is 1. The molecular weight excluding hydrogens is 1460 g/mol. The number of benzene rings is 5. The predicted molar refractivity (Wildman–Crippen MR) is 424 cm³/mol. The second kappa shape index (κ2) is 43.5. The lowest BCUT2D eigenvalue weighted by Crippen LogP contribution is -2.62. The SMILES string of the molecule is CS[C@@H](NC(=O)[C@@H]1CCCN1C(=O)[C@H](CCCCNC(C)C)NC(=O)[C@H](CC(C)C)NC(=O)[C@@H](Cc1ccc(NC(C)=O)cc1)NC(=O)[C@H](Cc1ccc(NC(C)=O)cc1)NC(=O)[C@H](CO)NC(=O)[C@@H](Cc1cccnc1)NC(=O)[C@@H](Cc1ccc(Cl)cc1)NC(=O)[C@@H](Cc1ccc2ccccc2c1)NC(C)=O)C(N)=O. The molecule has 111 heavy (non-hydrogen) atoms. The molecule has 2 heterocycles. The van der Waals surface area contributed by atoms with E-state index in [2.05, 4.69) is 68.8 Å². The third-order valence-electron chi connectivity index (χ3n) is 18.3. The van der Waals surface area contributed by atoms with E-state index in [1.54, 1.807) is 91.2 Å². The molecule has 0 radical (unpaired) electrons. The van der Waals surface area contributed by atoms with Gasteiger partial charge in [0.25, 0.3) is 5.91 Å². The van der Waals surface area contributed by atoms with Crippen LogP contribution in [0.25, 0.3) is 10.8 Å². The first kappa shape index (κ1) is 87.4. The van der Waals surface area contributed by atoms with E-state index < -0.39 is 131 Å². The third-order valence-corrected chi connectivity index (χ3v) is 19.3. The molecule has 0 bridgehead atoms. The number of primary amides is 1. The zero-order valence-electron chi connectivity index (χ0n) is 63.6. The van der Waals surface area contributed by atoms with Gasteiger partial charge in [0, 0.05) is 94.3 Å². The highest BCUT2D eigenvalue weighted by molar-refractivity contribution is 7.99. The molecule has 1 aromatic heterocycles. The third kappa shape index (κ3) is 28.5. The van der Waals surface area contributed by atoms with Crippen LogP contribution >= 0.6 is 23.4 Å². The fraction of sp³-hybridized carbons (Fsp3) is 0.425. The van der Waals surface area contributed by atoms with E-state index >= 15 is 9.59 Å². The molecule has 1 aliphatic rings. The second-order valence-corrected chi connectivity index (χ2v) is 29.6. The number of hydrogen-bond donors (Lipinski definition) is 14. The molecule has 594 valence electrons. The van der Waals surface area contributed by atoms with Crippen molar-refractivity contribution in [3.05, 3.63) is 173 Å². The van der Waals surface area contributed by atoms with E-state index in [1.165, 1.54) is 38.1 Å². The number of aliphatic hydroxyl groups is 1. The summed E-state index contributed by atoms with van der Waals surface area (Å²) >= 11 is 7.28. The highest BCUT2D eigenvalue weighted by atomic mass is 35.5. The molecule has 1 aliphatic heterocycles. The summed E-state index contributed by atoms with van der Waals surface area (Å²) in [6, 6.07) is 22.9. The van der Waals surface area contributed by atoms with Crippen LogP contribution in [0.15, 0.2) is 140 Å². The first-order valence-electron chi connectivity index (χ1n) is 37.0. The maximum Gasteiger partial charge on any atom is 0.250 e. The van der Waals surface area contributed by atoms with Crippen LogP contribution in [0, 0.1) is 5.92 Å². The van der Waals surface area contributed by atoms with Crippen LogP contribution in [-0.2, 0) is 94.4 Å². The lowest BCUT2D eigenvalue weighted by atomic mass is 9.99. The van der Waals surface area contributed by atoms with Gasteiger partial charge in [-0.25, -0.2) is 0 Å². The van der Waals surface area contributed by atoms with E-state index in [-0.39, 0.29) is 81.7 Å². The zero-order valence-corrected chi connectivity index (χ0v) is 65.2. The van der Waals surface area contributed by atoms with Crippen LogP contribution in [0.3, 0.4) is 0 Å². The van der Waals surface area contributed by atoms with E-state index in [0.29, 0.717) is 70.0 Å². The van der Waals surface area contributed by atoms with Gasteiger partial charge in [0.1, 0.15) is 54.4 Å². The molecule has 7 rings (SSSR count). The lowest BCUT2D eigenvalue weighted by molar-refractivity contribution is -0.142. The van der Waals surface area contributed by atoms with Crippen molar-refractivity contribution in [3.63, 3.8) is 0 Å². The highest BCUT2D eigenvalue weighted by Gasteiger charge is 2.41. The maximum absolute atomic E-state index is 15.3. The number of aromatic nitrogens is 1. The Kier molecular flexibility index (Phi) is 34.3. The number of pyridine rings is 1. The Morgan fingerprint density at radius 1 is 0.514 bits per heavy atom. The summed E-state index contributed by atoms with van der Waals surface area (Å²) in [7, 11) is 0. The van der Waals surface area contributed by atoms with Gasteiger partial charge in [-0.05, 0) is 138 Å². The number of rotatable bonds is 41. The summed E-state index contributed by atoms with van der Waals surface area (Å²) in [4.78, 5) is 188. The number of unbranched alkanes of at least 4 members (excludes halogenated alkanes) is 1. The number of carbonyl (C=O) groups is 13. The summed E-state index contributed by atoms with van der Waals surface area (Å²) in [5, 5.41) is 45.5. The van der Waals surface area contributed by atoms with Crippen molar-refractivity contribution in [1.29, 1.82) is 0 Å². The molecule has 0 saturated carbocycles. The molecule has 1 saturated heterocycles. The Balaban J connectivity index is 1.18.